The largest absolute Gasteiger partial charge is 0.380 e. The Labute approximate surface area is 169 Å². The number of rotatable bonds is 10. The van der Waals surface area contributed by atoms with Crippen LogP contribution in [0.25, 0.3) is 0 Å². The maximum absolute atomic E-state index is 5.20. The van der Waals surface area contributed by atoms with Gasteiger partial charge >= 0.3 is 0 Å². The van der Waals surface area contributed by atoms with Crippen molar-refractivity contribution in [3.63, 3.8) is 0 Å². The van der Waals surface area contributed by atoms with Crippen molar-refractivity contribution in [2.24, 2.45) is 4.99 Å². The smallest absolute Gasteiger partial charge is 0.191 e. The second kappa shape index (κ2) is 12.2. The van der Waals surface area contributed by atoms with Crippen LogP contribution in [0.15, 0.2) is 59.6 Å². The van der Waals surface area contributed by atoms with E-state index in [9.17, 15) is 0 Å². The van der Waals surface area contributed by atoms with E-state index in [-0.39, 0.29) is 0 Å². The highest BCUT2D eigenvalue weighted by Gasteiger charge is 2.09. The summed E-state index contributed by atoms with van der Waals surface area (Å²) in [7, 11) is 5.70. The maximum Gasteiger partial charge on any atom is 0.191 e. The zero-order valence-corrected chi connectivity index (χ0v) is 17.6. The molecular weight excluding hydrogens is 348 g/mol. The monoisotopic (exact) mass is 382 g/mol. The minimum atomic E-state index is 0.483. The molecule has 0 aliphatic heterocycles. The topological polar surface area (TPSA) is 48.9 Å². The average molecular weight is 383 g/mol. The molecule has 5 nitrogen and oxygen atoms in total. The quantitative estimate of drug-likeness (QED) is 0.488. The molecule has 2 aromatic carbocycles. The van der Waals surface area contributed by atoms with Gasteiger partial charge in [-0.2, -0.15) is 0 Å². The Bertz CT molecular complexity index is 718. The Morgan fingerprint density at radius 1 is 1.04 bits per heavy atom. The lowest BCUT2D eigenvalue weighted by Gasteiger charge is -2.25. The van der Waals surface area contributed by atoms with E-state index >= 15 is 0 Å². The number of benzene rings is 2. The van der Waals surface area contributed by atoms with Crippen LogP contribution in [0.3, 0.4) is 0 Å². The van der Waals surface area contributed by atoms with E-state index in [2.05, 4.69) is 89.1 Å². The molecule has 0 fully saturated rings. The molecule has 0 saturated carbocycles. The van der Waals surface area contributed by atoms with E-state index in [0.717, 1.165) is 32.0 Å². The van der Waals surface area contributed by atoms with Crippen LogP contribution in [-0.4, -0.2) is 44.7 Å². The summed E-state index contributed by atoms with van der Waals surface area (Å²) in [6.07, 6.45) is 1.05. The Morgan fingerprint density at radius 2 is 1.75 bits per heavy atom. The molecule has 1 atom stereocenters. The average Bonchev–Trinajstić information content (AvgIpc) is 2.71. The molecule has 28 heavy (non-hydrogen) atoms. The number of hydrogen-bond acceptors (Lipinski definition) is 3. The first-order valence-electron chi connectivity index (χ1n) is 9.87. The second-order valence-electron chi connectivity index (χ2n) is 7.14. The summed E-state index contributed by atoms with van der Waals surface area (Å²) in [6.45, 7) is 5.48. The summed E-state index contributed by atoms with van der Waals surface area (Å²) < 4.78 is 5.20. The van der Waals surface area contributed by atoms with Gasteiger partial charge in [0.15, 0.2) is 5.96 Å². The van der Waals surface area contributed by atoms with Crippen molar-refractivity contribution in [3.8, 4) is 0 Å². The fourth-order valence-electron chi connectivity index (χ4n) is 3.05. The number of aliphatic imine (C=N–C) groups is 1. The maximum atomic E-state index is 5.20. The van der Waals surface area contributed by atoms with Crippen molar-refractivity contribution < 1.29 is 4.74 Å². The Morgan fingerprint density at radius 3 is 2.46 bits per heavy atom. The van der Waals surface area contributed by atoms with Gasteiger partial charge in [-0.15, -0.1) is 0 Å². The van der Waals surface area contributed by atoms with Crippen LogP contribution >= 0.6 is 0 Å². The zero-order chi connectivity index (χ0) is 20.2. The molecule has 0 aliphatic rings. The summed E-state index contributed by atoms with van der Waals surface area (Å²) in [5.41, 5.74) is 3.74. The number of nitrogens with one attached hydrogen (secondary N) is 2. The molecule has 0 aliphatic carbocycles. The molecule has 2 aromatic rings. The van der Waals surface area contributed by atoms with Gasteiger partial charge in [0.1, 0.15) is 0 Å². The predicted octanol–water partition coefficient (Wildman–Crippen LogP) is 3.41. The Balaban J connectivity index is 1.72. The molecule has 2 rings (SSSR count). The van der Waals surface area contributed by atoms with E-state index < -0.39 is 0 Å². The van der Waals surface area contributed by atoms with Crippen molar-refractivity contribution >= 4 is 5.96 Å². The highest BCUT2D eigenvalue weighted by atomic mass is 16.5. The van der Waals surface area contributed by atoms with Gasteiger partial charge in [0.05, 0.1) is 6.61 Å². The lowest BCUT2D eigenvalue weighted by molar-refractivity contribution is 0.185. The Hall–Kier alpha value is -2.37. The first-order chi connectivity index (χ1) is 13.6. The minimum absolute atomic E-state index is 0.483. The summed E-state index contributed by atoms with van der Waals surface area (Å²) in [6, 6.07) is 19.5. The van der Waals surface area contributed by atoms with E-state index in [1.165, 1.54) is 16.7 Å². The third-order valence-electron chi connectivity index (χ3n) is 4.87. The van der Waals surface area contributed by atoms with Crippen LogP contribution in [0.4, 0.5) is 0 Å². The number of ether oxygens (including phenoxy) is 1. The third-order valence-corrected chi connectivity index (χ3v) is 4.87. The van der Waals surface area contributed by atoms with Crippen LogP contribution in [0.2, 0.25) is 0 Å². The first-order valence-corrected chi connectivity index (χ1v) is 9.87. The molecular formula is C23H34N4O. The summed E-state index contributed by atoms with van der Waals surface area (Å²) in [5, 5.41) is 6.80. The number of methoxy groups -OCH3 is 1. The van der Waals surface area contributed by atoms with Gasteiger partial charge in [-0.05, 0) is 37.1 Å². The molecule has 0 saturated heterocycles. The van der Waals surface area contributed by atoms with Crippen molar-refractivity contribution in [1.29, 1.82) is 0 Å². The molecule has 2 N–H and O–H groups in total. The van der Waals surface area contributed by atoms with Gasteiger partial charge in [-0.1, -0.05) is 54.6 Å². The van der Waals surface area contributed by atoms with E-state index in [0.29, 0.717) is 12.6 Å². The summed E-state index contributed by atoms with van der Waals surface area (Å²) >= 11 is 0. The van der Waals surface area contributed by atoms with Crippen molar-refractivity contribution in [2.45, 2.75) is 39.1 Å². The van der Waals surface area contributed by atoms with Crippen LogP contribution in [0.1, 0.15) is 30.0 Å². The number of hydrogen-bond donors (Lipinski definition) is 2. The Kier molecular flexibility index (Phi) is 9.52. The van der Waals surface area contributed by atoms with Crippen LogP contribution in [-0.2, 0) is 24.4 Å². The molecule has 0 aromatic heterocycles. The molecule has 5 heteroatoms. The van der Waals surface area contributed by atoms with Gasteiger partial charge in [-0.25, -0.2) is 0 Å². The van der Waals surface area contributed by atoms with Gasteiger partial charge in [0.25, 0.3) is 0 Å². The van der Waals surface area contributed by atoms with Gasteiger partial charge in [0, 0.05) is 39.8 Å². The SMILES string of the molecule is CN=C(NCCC(C)N(C)Cc1ccccc1)NCc1cccc(COC)c1. The fraction of sp³-hybridized carbons (Fsp3) is 0.435. The number of guanidine groups is 1. The molecule has 0 spiro atoms. The predicted molar refractivity (Wildman–Crippen MR) is 117 cm³/mol. The van der Waals surface area contributed by atoms with E-state index in [4.69, 9.17) is 4.74 Å². The molecule has 0 bridgehead atoms. The lowest BCUT2D eigenvalue weighted by atomic mass is 10.1. The second-order valence-corrected chi connectivity index (χ2v) is 7.14. The van der Waals surface area contributed by atoms with Gasteiger partial charge in [-0.3, -0.25) is 9.89 Å². The zero-order valence-electron chi connectivity index (χ0n) is 17.6. The third kappa shape index (κ3) is 7.71. The van der Waals surface area contributed by atoms with Crippen LogP contribution < -0.4 is 10.6 Å². The lowest BCUT2D eigenvalue weighted by Crippen LogP contribution is -2.39. The fourth-order valence-corrected chi connectivity index (χ4v) is 3.05. The normalized spacial score (nSPS) is 12.8. The summed E-state index contributed by atoms with van der Waals surface area (Å²) in [5.74, 6) is 0.829. The van der Waals surface area contributed by atoms with E-state index in [1.807, 2.05) is 7.05 Å². The standard InChI is InChI=1S/C23H34N4O/c1-19(27(3)17-20-9-6-5-7-10-20)13-14-25-23(24-2)26-16-21-11-8-12-22(15-21)18-28-4/h5-12,15,19H,13-14,16-18H2,1-4H3,(H2,24,25,26). The molecule has 0 amide bonds. The highest BCUT2D eigenvalue weighted by molar-refractivity contribution is 5.79. The van der Waals surface area contributed by atoms with Crippen molar-refractivity contribution in [2.75, 3.05) is 27.7 Å². The van der Waals surface area contributed by atoms with Gasteiger partial charge in [0.2, 0.25) is 0 Å². The van der Waals surface area contributed by atoms with Crippen molar-refractivity contribution in [1.82, 2.24) is 15.5 Å². The molecule has 152 valence electrons. The van der Waals surface area contributed by atoms with Crippen LogP contribution in [0.5, 0.6) is 0 Å². The van der Waals surface area contributed by atoms with Gasteiger partial charge < -0.3 is 15.4 Å². The highest BCUT2D eigenvalue weighted by Crippen LogP contribution is 2.08. The summed E-state index contributed by atoms with van der Waals surface area (Å²) in [4.78, 5) is 6.71. The molecule has 0 radical (unpaired) electrons. The molecule has 1 unspecified atom stereocenters. The first kappa shape index (κ1) is 21.9. The van der Waals surface area contributed by atoms with Crippen molar-refractivity contribution in [3.05, 3.63) is 71.3 Å². The number of nitrogens with zero attached hydrogens (tertiary/aromatic N) is 2. The van der Waals surface area contributed by atoms with Crippen LogP contribution in [0, 0.1) is 0 Å². The minimum Gasteiger partial charge on any atom is -0.380 e. The molecule has 0 heterocycles. The van der Waals surface area contributed by atoms with E-state index in [1.54, 1.807) is 7.11 Å².